The molecular formula is C13H19NOS. The van der Waals surface area contributed by atoms with Gasteiger partial charge in [0.2, 0.25) is 0 Å². The summed E-state index contributed by atoms with van der Waals surface area (Å²) < 4.78 is 0. The molecule has 1 fully saturated rings. The Hall–Kier alpha value is -0.830. The SMILES string of the molecule is CC(C)C1CCCN(C(=O)c2cccs2)C1. The lowest BCUT2D eigenvalue weighted by Gasteiger charge is -2.34. The Morgan fingerprint density at radius 2 is 2.38 bits per heavy atom. The molecule has 0 bridgehead atoms. The maximum absolute atomic E-state index is 12.2. The topological polar surface area (TPSA) is 20.3 Å². The molecule has 3 heteroatoms. The molecule has 2 heterocycles. The van der Waals surface area contributed by atoms with E-state index in [0.29, 0.717) is 11.8 Å². The molecule has 1 aromatic rings. The van der Waals surface area contributed by atoms with Crippen LogP contribution in [0, 0.1) is 11.8 Å². The van der Waals surface area contributed by atoms with Crippen LogP contribution in [0.3, 0.4) is 0 Å². The molecule has 1 aliphatic rings. The molecule has 1 amide bonds. The van der Waals surface area contributed by atoms with Crippen LogP contribution in [0.5, 0.6) is 0 Å². The van der Waals surface area contributed by atoms with Gasteiger partial charge in [-0.2, -0.15) is 0 Å². The minimum Gasteiger partial charge on any atom is -0.338 e. The Bertz CT molecular complexity index is 345. The molecule has 2 nitrogen and oxygen atoms in total. The summed E-state index contributed by atoms with van der Waals surface area (Å²) in [6.45, 7) is 6.38. The van der Waals surface area contributed by atoms with E-state index in [1.807, 2.05) is 22.4 Å². The van der Waals surface area contributed by atoms with Crippen molar-refractivity contribution in [2.24, 2.45) is 11.8 Å². The monoisotopic (exact) mass is 237 g/mol. The fourth-order valence-corrected chi connectivity index (χ4v) is 2.99. The summed E-state index contributed by atoms with van der Waals surface area (Å²) >= 11 is 1.54. The predicted molar refractivity (Wildman–Crippen MR) is 67.8 cm³/mol. The molecule has 1 unspecified atom stereocenters. The van der Waals surface area contributed by atoms with Crippen molar-refractivity contribution in [1.29, 1.82) is 0 Å². The van der Waals surface area contributed by atoms with Gasteiger partial charge in [0.05, 0.1) is 4.88 Å². The van der Waals surface area contributed by atoms with Gasteiger partial charge in [0.15, 0.2) is 0 Å². The molecule has 0 radical (unpaired) electrons. The summed E-state index contributed by atoms with van der Waals surface area (Å²) in [6.07, 6.45) is 2.42. The predicted octanol–water partition coefficient (Wildman–Crippen LogP) is 3.26. The molecule has 0 saturated carbocycles. The summed E-state index contributed by atoms with van der Waals surface area (Å²) in [6, 6.07) is 3.87. The molecule has 0 aliphatic carbocycles. The first kappa shape index (κ1) is 11.6. The van der Waals surface area contributed by atoms with Crippen LogP contribution in [-0.2, 0) is 0 Å². The number of amides is 1. The van der Waals surface area contributed by atoms with Crippen LogP contribution in [0.4, 0.5) is 0 Å². The first-order chi connectivity index (χ1) is 7.68. The molecule has 0 spiro atoms. The Morgan fingerprint density at radius 1 is 1.56 bits per heavy atom. The van der Waals surface area contributed by atoms with Gasteiger partial charge in [-0.15, -0.1) is 11.3 Å². The van der Waals surface area contributed by atoms with Gasteiger partial charge in [0.1, 0.15) is 0 Å². The third-order valence-corrected chi connectivity index (χ3v) is 4.28. The number of likely N-dealkylation sites (tertiary alicyclic amines) is 1. The fraction of sp³-hybridized carbons (Fsp3) is 0.615. The quantitative estimate of drug-likeness (QED) is 0.773. The number of carbonyl (C=O) groups is 1. The van der Waals surface area contributed by atoms with Gasteiger partial charge < -0.3 is 4.90 Å². The van der Waals surface area contributed by atoms with Crippen LogP contribution < -0.4 is 0 Å². The highest BCUT2D eigenvalue weighted by Gasteiger charge is 2.26. The van der Waals surface area contributed by atoms with Crippen molar-refractivity contribution in [3.05, 3.63) is 22.4 Å². The number of nitrogens with zero attached hydrogens (tertiary/aromatic N) is 1. The van der Waals surface area contributed by atoms with Crippen LogP contribution in [0.15, 0.2) is 17.5 Å². The highest BCUT2D eigenvalue weighted by Crippen LogP contribution is 2.25. The molecule has 1 saturated heterocycles. The van der Waals surface area contributed by atoms with Crippen molar-refractivity contribution in [2.75, 3.05) is 13.1 Å². The van der Waals surface area contributed by atoms with E-state index in [4.69, 9.17) is 0 Å². The van der Waals surface area contributed by atoms with Crippen molar-refractivity contribution >= 4 is 17.2 Å². The van der Waals surface area contributed by atoms with E-state index in [0.717, 1.165) is 24.4 Å². The fourth-order valence-electron chi connectivity index (χ4n) is 2.29. The Morgan fingerprint density at radius 3 is 3.00 bits per heavy atom. The molecule has 1 aliphatic heterocycles. The zero-order chi connectivity index (χ0) is 11.5. The number of hydrogen-bond acceptors (Lipinski definition) is 2. The molecule has 2 rings (SSSR count). The minimum atomic E-state index is 0.223. The molecule has 1 atom stereocenters. The number of piperidine rings is 1. The summed E-state index contributed by atoms with van der Waals surface area (Å²) in [5.41, 5.74) is 0. The summed E-state index contributed by atoms with van der Waals surface area (Å²) in [7, 11) is 0. The third-order valence-electron chi connectivity index (χ3n) is 3.42. The van der Waals surface area contributed by atoms with Gasteiger partial charge in [0, 0.05) is 13.1 Å². The summed E-state index contributed by atoms with van der Waals surface area (Å²) in [4.78, 5) is 15.1. The number of carbonyl (C=O) groups excluding carboxylic acids is 1. The lowest BCUT2D eigenvalue weighted by Crippen LogP contribution is -2.41. The maximum atomic E-state index is 12.2. The van der Waals surface area contributed by atoms with Gasteiger partial charge in [-0.1, -0.05) is 19.9 Å². The first-order valence-electron chi connectivity index (χ1n) is 6.01. The van der Waals surface area contributed by atoms with Gasteiger partial charge in [0.25, 0.3) is 5.91 Å². The lowest BCUT2D eigenvalue weighted by atomic mass is 9.88. The average molecular weight is 237 g/mol. The van der Waals surface area contributed by atoms with E-state index in [9.17, 15) is 4.79 Å². The van der Waals surface area contributed by atoms with Gasteiger partial charge in [-0.05, 0) is 36.1 Å². The normalized spacial score (nSPS) is 21.4. The Kier molecular flexibility index (Phi) is 3.64. The number of hydrogen-bond donors (Lipinski definition) is 0. The number of rotatable bonds is 2. The largest absolute Gasteiger partial charge is 0.338 e. The zero-order valence-corrected chi connectivity index (χ0v) is 10.8. The van der Waals surface area contributed by atoms with Gasteiger partial charge in [-0.3, -0.25) is 4.79 Å². The van der Waals surface area contributed by atoms with E-state index in [2.05, 4.69) is 13.8 Å². The summed E-state index contributed by atoms with van der Waals surface area (Å²) in [5, 5.41) is 1.97. The van der Waals surface area contributed by atoms with Crippen LogP contribution in [0.25, 0.3) is 0 Å². The highest BCUT2D eigenvalue weighted by atomic mass is 32.1. The smallest absolute Gasteiger partial charge is 0.263 e. The Balaban J connectivity index is 2.02. The molecule has 0 N–H and O–H groups in total. The second kappa shape index (κ2) is 5.00. The molecular weight excluding hydrogens is 218 g/mol. The standard InChI is InChI=1S/C13H19NOS/c1-10(2)11-5-3-7-14(9-11)13(15)12-6-4-8-16-12/h4,6,8,10-11H,3,5,7,9H2,1-2H3. The molecule has 0 aromatic carbocycles. The van der Waals surface area contributed by atoms with E-state index in [1.165, 1.54) is 6.42 Å². The van der Waals surface area contributed by atoms with Crippen LogP contribution in [0.1, 0.15) is 36.4 Å². The van der Waals surface area contributed by atoms with Crippen molar-refractivity contribution in [3.63, 3.8) is 0 Å². The molecule has 88 valence electrons. The second-order valence-electron chi connectivity index (χ2n) is 4.87. The van der Waals surface area contributed by atoms with Gasteiger partial charge in [-0.25, -0.2) is 0 Å². The maximum Gasteiger partial charge on any atom is 0.263 e. The second-order valence-corrected chi connectivity index (χ2v) is 5.82. The Labute approximate surface area is 101 Å². The third kappa shape index (κ3) is 2.46. The van der Waals surface area contributed by atoms with E-state index >= 15 is 0 Å². The van der Waals surface area contributed by atoms with E-state index in [1.54, 1.807) is 11.3 Å². The highest BCUT2D eigenvalue weighted by molar-refractivity contribution is 7.12. The van der Waals surface area contributed by atoms with Crippen molar-refractivity contribution in [1.82, 2.24) is 4.90 Å². The van der Waals surface area contributed by atoms with Crippen molar-refractivity contribution in [3.8, 4) is 0 Å². The van der Waals surface area contributed by atoms with Crippen molar-refractivity contribution in [2.45, 2.75) is 26.7 Å². The van der Waals surface area contributed by atoms with Gasteiger partial charge >= 0.3 is 0 Å². The summed E-state index contributed by atoms with van der Waals surface area (Å²) in [5.74, 6) is 1.58. The molecule has 16 heavy (non-hydrogen) atoms. The van der Waals surface area contributed by atoms with E-state index < -0.39 is 0 Å². The van der Waals surface area contributed by atoms with E-state index in [-0.39, 0.29) is 5.91 Å². The van der Waals surface area contributed by atoms with Crippen molar-refractivity contribution < 1.29 is 4.79 Å². The number of thiophene rings is 1. The first-order valence-corrected chi connectivity index (χ1v) is 6.89. The van der Waals surface area contributed by atoms with Crippen LogP contribution in [-0.4, -0.2) is 23.9 Å². The average Bonchev–Trinajstić information content (AvgIpc) is 2.81. The van der Waals surface area contributed by atoms with Crippen LogP contribution >= 0.6 is 11.3 Å². The molecule has 1 aromatic heterocycles. The minimum absolute atomic E-state index is 0.223. The lowest BCUT2D eigenvalue weighted by molar-refractivity contribution is 0.0646. The van der Waals surface area contributed by atoms with Crippen LogP contribution in [0.2, 0.25) is 0 Å². The zero-order valence-electron chi connectivity index (χ0n) is 9.98.